The highest BCUT2D eigenvalue weighted by molar-refractivity contribution is 5.80. The van der Waals surface area contributed by atoms with Crippen molar-refractivity contribution in [3.63, 3.8) is 0 Å². The summed E-state index contributed by atoms with van der Waals surface area (Å²) in [5.41, 5.74) is 0. The highest BCUT2D eigenvalue weighted by Gasteiger charge is 2.14. The summed E-state index contributed by atoms with van der Waals surface area (Å²) in [6, 6.07) is 9.26. The normalized spacial score (nSPS) is 13.7. The van der Waals surface area contributed by atoms with E-state index in [0.29, 0.717) is 18.7 Å². The number of aliphatic hydroxyl groups excluding tert-OH is 1. The van der Waals surface area contributed by atoms with Crippen molar-refractivity contribution in [2.24, 2.45) is 5.92 Å². The maximum absolute atomic E-state index is 11.8. The Bertz CT molecular complexity index is 353. The van der Waals surface area contributed by atoms with Gasteiger partial charge in [-0.25, -0.2) is 0 Å². The Balaban J connectivity index is 2.33. The van der Waals surface area contributed by atoms with E-state index in [-0.39, 0.29) is 18.4 Å². The Hall–Kier alpha value is -1.55. The Morgan fingerprint density at radius 2 is 2.00 bits per heavy atom. The molecule has 0 aliphatic heterocycles. The lowest BCUT2D eigenvalue weighted by atomic mass is 10.1. The zero-order chi connectivity index (χ0) is 13.4. The summed E-state index contributed by atoms with van der Waals surface area (Å²) in [5, 5.41) is 11.6. The van der Waals surface area contributed by atoms with E-state index in [9.17, 15) is 4.79 Å². The van der Waals surface area contributed by atoms with Crippen molar-refractivity contribution in [2.75, 3.05) is 13.2 Å². The van der Waals surface area contributed by atoms with E-state index >= 15 is 0 Å². The predicted octanol–water partition coefficient (Wildman–Crippen LogP) is 1.59. The number of carbonyl (C=O) groups is 1. The SMILES string of the molecule is CC(CCO)CNC(=O)C(C)Oc1ccccc1. The predicted molar refractivity (Wildman–Crippen MR) is 70.4 cm³/mol. The molecule has 2 atom stereocenters. The molecule has 0 fully saturated rings. The van der Waals surface area contributed by atoms with Crippen LogP contribution in [0.25, 0.3) is 0 Å². The van der Waals surface area contributed by atoms with Crippen LogP contribution < -0.4 is 10.1 Å². The molecule has 18 heavy (non-hydrogen) atoms. The molecule has 0 spiro atoms. The van der Waals surface area contributed by atoms with Crippen LogP contribution >= 0.6 is 0 Å². The molecule has 0 saturated heterocycles. The second kappa shape index (κ2) is 7.71. The van der Waals surface area contributed by atoms with Crippen molar-refractivity contribution >= 4 is 5.91 Å². The molecule has 0 aliphatic rings. The average molecular weight is 251 g/mol. The minimum Gasteiger partial charge on any atom is -0.481 e. The lowest BCUT2D eigenvalue weighted by Crippen LogP contribution is -2.38. The Morgan fingerprint density at radius 1 is 1.33 bits per heavy atom. The van der Waals surface area contributed by atoms with Gasteiger partial charge in [-0.15, -0.1) is 0 Å². The number of hydrogen-bond donors (Lipinski definition) is 2. The van der Waals surface area contributed by atoms with Gasteiger partial charge in [-0.1, -0.05) is 25.1 Å². The molecule has 0 radical (unpaired) electrons. The van der Waals surface area contributed by atoms with Crippen molar-refractivity contribution in [3.8, 4) is 5.75 Å². The Labute approximate surface area is 108 Å². The fourth-order valence-corrected chi connectivity index (χ4v) is 1.50. The smallest absolute Gasteiger partial charge is 0.260 e. The Kier molecular flexibility index (Phi) is 6.22. The van der Waals surface area contributed by atoms with E-state index in [1.165, 1.54) is 0 Å². The van der Waals surface area contributed by atoms with Gasteiger partial charge in [0.05, 0.1) is 0 Å². The van der Waals surface area contributed by atoms with Gasteiger partial charge in [0.15, 0.2) is 6.10 Å². The van der Waals surface area contributed by atoms with Crippen LogP contribution in [0.4, 0.5) is 0 Å². The molecule has 4 heteroatoms. The van der Waals surface area contributed by atoms with Crippen LogP contribution in [0.5, 0.6) is 5.75 Å². The van der Waals surface area contributed by atoms with Gasteiger partial charge in [0.1, 0.15) is 5.75 Å². The summed E-state index contributed by atoms with van der Waals surface area (Å²) >= 11 is 0. The van der Waals surface area contributed by atoms with E-state index in [1.54, 1.807) is 6.92 Å². The summed E-state index contributed by atoms with van der Waals surface area (Å²) in [7, 11) is 0. The van der Waals surface area contributed by atoms with Crippen molar-refractivity contribution in [2.45, 2.75) is 26.4 Å². The number of carbonyl (C=O) groups excluding carboxylic acids is 1. The first-order chi connectivity index (χ1) is 8.63. The van der Waals surface area contributed by atoms with Gasteiger partial charge in [-0.2, -0.15) is 0 Å². The van der Waals surface area contributed by atoms with E-state index in [4.69, 9.17) is 9.84 Å². The summed E-state index contributed by atoms with van der Waals surface area (Å²) in [6.07, 6.45) is 0.169. The molecule has 1 amide bonds. The summed E-state index contributed by atoms with van der Waals surface area (Å²) < 4.78 is 5.51. The molecular weight excluding hydrogens is 230 g/mol. The van der Waals surface area contributed by atoms with Gasteiger partial charge in [-0.3, -0.25) is 4.79 Å². The fourth-order valence-electron chi connectivity index (χ4n) is 1.50. The molecule has 0 aromatic heterocycles. The van der Waals surface area contributed by atoms with Crippen LogP contribution in [0.3, 0.4) is 0 Å². The quantitative estimate of drug-likeness (QED) is 0.773. The van der Waals surface area contributed by atoms with Crippen molar-refractivity contribution in [1.82, 2.24) is 5.32 Å². The Morgan fingerprint density at radius 3 is 2.61 bits per heavy atom. The monoisotopic (exact) mass is 251 g/mol. The molecule has 100 valence electrons. The maximum atomic E-state index is 11.8. The lowest BCUT2D eigenvalue weighted by Gasteiger charge is -2.16. The molecule has 0 heterocycles. The summed E-state index contributed by atoms with van der Waals surface area (Å²) in [5.74, 6) is 0.815. The highest BCUT2D eigenvalue weighted by Crippen LogP contribution is 2.10. The lowest BCUT2D eigenvalue weighted by molar-refractivity contribution is -0.127. The van der Waals surface area contributed by atoms with E-state index in [0.717, 1.165) is 0 Å². The van der Waals surface area contributed by atoms with E-state index in [1.807, 2.05) is 37.3 Å². The molecule has 4 nitrogen and oxygen atoms in total. The minimum absolute atomic E-state index is 0.136. The second-order valence-electron chi connectivity index (χ2n) is 4.44. The molecule has 0 bridgehead atoms. The van der Waals surface area contributed by atoms with Gasteiger partial charge in [-0.05, 0) is 31.4 Å². The number of benzene rings is 1. The average Bonchev–Trinajstić information content (AvgIpc) is 2.37. The number of hydrogen-bond acceptors (Lipinski definition) is 3. The zero-order valence-corrected chi connectivity index (χ0v) is 10.9. The molecule has 1 rings (SSSR count). The van der Waals surface area contributed by atoms with E-state index in [2.05, 4.69) is 5.32 Å². The number of ether oxygens (including phenoxy) is 1. The van der Waals surface area contributed by atoms with Crippen molar-refractivity contribution in [1.29, 1.82) is 0 Å². The molecular formula is C14H21NO3. The van der Waals surface area contributed by atoms with Crippen LogP contribution in [0.15, 0.2) is 30.3 Å². The van der Waals surface area contributed by atoms with Crippen molar-refractivity contribution in [3.05, 3.63) is 30.3 Å². The standard InChI is InChI=1S/C14H21NO3/c1-11(8-9-16)10-15-14(17)12(2)18-13-6-4-3-5-7-13/h3-7,11-12,16H,8-10H2,1-2H3,(H,15,17). The second-order valence-corrected chi connectivity index (χ2v) is 4.44. The third-order valence-corrected chi connectivity index (χ3v) is 2.67. The van der Waals surface area contributed by atoms with Gasteiger partial charge in [0.2, 0.25) is 0 Å². The first-order valence-electron chi connectivity index (χ1n) is 6.23. The summed E-state index contributed by atoms with van der Waals surface area (Å²) in [4.78, 5) is 11.8. The third-order valence-electron chi connectivity index (χ3n) is 2.67. The van der Waals surface area contributed by atoms with Gasteiger partial charge >= 0.3 is 0 Å². The topological polar surface area (TPSA) is 58.6 Å². The first kappa shape index (κ1) is 14.5. The molecule has 0 saturated carbocycles. The highest BCUT2D eigenvalue weighted by atomic mass is 16.5. The fraction of sp³-hybridized carbons (Fsp3) is 0.500. The summed E-state index contributed by atoms with van der Waals surface area (Å²) in [6.45, 7) is 4.41. The van der Waals surface area contributed by atoms with Gasteiger partial charge in [0, 0.05) is 13.2 Å². The minimum atomic E-state index is -0.520. The first-order valence-corrected chi connectivity index (χ1v) is 6.23. The van der Waals surface area contributed by atoms with Crippen LogP contribution in [0.1, 0.15) is 20.3 Å². The molecule has 0 aliphatic carbocycles. The van der Waals surface area contributed by atoms with Crippen LogP contribution in [-0.2, 0) is 4.79 Å². The number of nitrogens with one attached hydrogen (secondary N) is 1. The number of para-hydroxylation sites is 1. The zero-order valence-electron chi connectivity index (χ0n) is 10.9. The molecule has 2 N–H and O–H groups in total. The molecule has 1 aromatic rings. The maximum Gasteiger partial charge on any atom is 0.260 e. The molecule has 2 unspecified atom stereocenters. The molecule has 1 aromatic carbocycles. The van der Waals surface area contributed by atoms with Crippen molar-refractivity contribution < 1.29 is 14.6 Å². The van der Waals surface area contributed by atoms with Gasteiger partial charge < -0.3 is 15.2 Å². The van der Waals surface area contributed by atoms with Crippen LogP contribution in [-0.4, -0.2) is 30.3 Å². The third kappa shape index (κ3) is 5.19. The van der Waals surface area contributed by atoms with Crippen LogP contribution in [0, 0.1) is 5.92 Å². The van der Waals surface area contributed by atoms with Gasteiger partial charge in [0.25, 0.3) is 5.91 Å². The number of aliphatic hydroxyl groups is 1. The number of rotatable bonds is 7. The van der Waals surface area contributed by atoms with E-state index < -0.39 is 6.10 Å². The number of amides is 1. The van der Waals surface area contributed by atoms with Crippen LogP contribution in [0.2, 0.25) is 0 Å². The largest absolute Gasteiger partial charge is 0.481 e.